The fraction of sp³-hybridized carbons (Fsp3) is 0.125. The lowest BCUT2D eigenvalue weighted by Gasteiger charge is -2.08. The second kappa shape index (κ2) is 8.19. The van der Waals surface area contributed by atoms with Crippen LogP contribution >= 0.6 is 11.3 Å². The van der Waals surface area contributed by atoms with Crippen LogP contribution in [-0.2, 0) is 6.54 Å². The molecule has 152 valence electrons. The average Bonchev–Trinajstić information content (AvgIpc) is 3.37. The first kappa shape index (κ1) is 19.2. The van der Waals surface area contributed by atoms with Gasteiger partial charge in [-0.1, -0.05) is 17.9 Å². The Labute approximate surface area is 183 Å². The number of benzene rings is 1. The van der Waals surface area contributed by atoms with Gasteiger partial charge in [-0.05, 0) is 48.9 Å². The molecular formula is C24H20N6S. The number of nitrogens with zero attached hydrogens (tertiary/aromatic N) is 4. The molecule has 4 heterocycles. The van der Waals surface area contributed by atoms with E-state index >= 15 is 0 Å². The Balaban J connectivity index is 1.43. The highest BCUT2D eigenvalue weighted by atomic mass is 32.1. The minimum absolute atomic E-state index is 0.161. The first-order valence-corrected chi connectivity index (χ1v) is 10.7. The van der Waals surface area contributed by atoms with Crippen molar-refractivity contribution in [1.29, 1.82) is 0 Å². The molecule has 5 aromatic rings. The fourth-order valence-corrected chi connectivity index (χ4v) is 4.35. The summed E-state index contributed by atoms with van der Waals surface area (Å²) in [4.78, 5) is 14.0. The summed E-state index contributed by atoms with van der Waals surface area (Å²) in [6.07, 6.45) is 7.37. The Kier molecular flexibility index (Phi) is 5.08. The number of fused-ring (bicyclic) bond motifs is 2. The van der Waals surface area contributed by atoms with Crippen molar-refractivity contribution < 1.29 is 0 Å². The van der Waals surface area contributed by atoms with E-state index in [1.165, 1.54) is 11.1 Å². The minimum atomic E-state index is -0.161. The number of thiophene rings is 1. The molecule has 1 atom stereocenters. The van der Waals surface area contributed by atoms with Gasteiger partial charge in [0.05, 0.1) is 21.1 Å². The minimum Gasteiger partial charge on any atom is -0.343 e. The van der Waals surface area contributed by atoms with E-state index in [1.54, 1.807) is 23.9 Å². The molecule has 0 aliphatic rings. The van der Waals surface area contributed by atoms with Crippen LogP contribution in [0.2, 0.25) is 0 Å². The van der Waals surface area contributed by atoms with Crippen LogP contribution in [0.25, 0.3) is 21.1 Å². The molecule has 3 N–H and O–H groups in total. The van der Waals surface area contributed by atoms with Crippen LogP contribution in [0.1, 0.15) is 17.4 Å². The van der Waals surface area contributed by atoms with Crippen molar-refractivity contribution in [3.63, 3.8) is 0 Å². The van der Waals surface area contributed by atoms with Gasteiger partial charge in [0, 0.05) is 41.7 Å². The predicted molar refractivity (Wildman–Crippen MR) is 127 cm³/mol. The third-order valence-electron chi connectivity index (χ3n) is 4.84. The van der Waals surface area contributed by atoms with Gasteiger partial charge in [-0.3, -0.25) is 4.98 Å². The number of hydrogen-bond acceptors (Lipinski definition) is 6. The summed E-state index contributed by atoms with van der Waals surface area (Å²) in [7, 11) is 0. The van der Waals surface area contributed by atoms with Crippen molar-refractivity contribution in [3.8, 4) is 11.8 Å². The molecular weight excluding hydrogens is 404 g/mol. The fourth-order valence-electron chi connectivity index (χ4n) is 3.43. The van der Waals surface area contributed by atoms with Gasteiger partial charge in [-0.2, -0.15) is 0 Å². The normalized spacial score (nSPS) is 11.9. The molecule has 31 heavy (non-hydrogen) atoms. The van der Waals surface area contributed by atoms with Crippen LogP contribution in [0.4, 0.5) is 11.5 Å². The van der Waals surface area contributed by atoms with Gasteiger partial charge in [-0.25, -0.2) is 9.97 Å². The molecule has 7 heteroatoms. The van der Waals surface area contributed by atoms with E-state index in [0.717, 1.165) is 38.5 Å². The lowest BCUT2D eigenvalue weighted by Crippen LogP contribution is -2.10. The number of nitrogens with two attached hydrogens (primary N) is 1. The second-order valence-electron chi connectivity index (χ2n) is 7.31. The van der Waals surface area contributed by atoms with Gasteiger partial charge in [0.2, 0.25) is 0 Å². The predicted octanol–water partition coefficient (Wildman–Crippen LogP) is 4.53. The summed E-state index contributed by atoms with van der Waals surface area (Å²) >= 11 is 1.57. The molecule has 0 bridgehead atoms. The van der Waals surface area contributed by atoms with Gasteiger partial charge in [0.1, 0.15) is 6.33 Å². The highest BCUT2D eigenvalue weighted by Gasteiger charge is 2.10. The van der Waals surface area contributed by atoms with Crippen molar-refractivity contribution in [2.24, 2.45) is 5.73 Å². The van der Waals surface area contributed by atoms with Crippen LogP contribution in [0.15, 0.2) is 67.4 Å². The highest BCUT2D eigenvalue weighted by Crippen LogP contribution is 2.31. The lowest BCUT2D eigenvalue weighted by molar-refractivity contribution is 0.832. The molecule has 1 aromatic carbocycles. The summed E-state index contributed by atoms with van der Waals surface area (Å²) in [5.74, 6) is 6.88. The number of anilines is 2. The topological polar surface area (TPSA) is 81.6 Å². The Morgan fingerprint density at radius 1 is 1.19 bits per heavy atom. The number of rotatable bonds is 4. The molecule has 0 fully saturated rings. The standard InChI is InChI=1S/C24H20N6S/c1-16(25)4-6-20-12-21-23(31-20)24(28-15-27-21)29-19-5-7-22-18(11-19)8-10-30(22)14-17-3-2-9-26-13-17/h2-3,5,7-13,15-16H,14,25H2,1H3,(H,27,28,29). The Hall–Kier alpha value is -3.73. The maximum absolute atomic E-state index is 5.74. The van der Waals surface area contributed by atoms with Crippen molar-refractivity contribution >= 4 is 44.0 Å². The van der Waals surface area contributed by atoms with Gasteiger partial charge in [-0.15, -0.1) is 11.3 Å². The zero-order chi connectivity index (χ0) is 21.2. The second-order valence-corrected chi connectivity index (χ2v) is 8.36. The van der Waals surface area contributed by atoms with Gasteiger partial charge in [0.25, 0.3) is 0 Å². The van der Waals surface area contributed by atoms with E-state index in [-0.39, 0.29) is 6.04 Å². The van der Waals surface area contributed by atoms with Crippen molar-refractivity contribution in [3.05, 3.63) is 77.8 Å². The van der Waals surface area contributed by atoms with Crippen molar-refractivity contribution in [2.45, 2.75) is 19.5 Å². The zero-order valence-corrected chi connectivity index (χ0v) is 17.7. The molecule has 4 aromatic heterocycles. The van der Waals surface area contributed by atoms with E-state index in [2.05, 4.69) is 73.2 Å². The maximum atomic E-state index is 5.74. The molecule has 0 saturated heterocycles. The monoisotopic (exact) mass is 424 g/mol. The Morgan fingerprint density at radius 3 is 2.97 bits per heavy atom. The van der Waals surface area contributed by atoms with Crippen LogP contribution in [0.3, 0.4) is 0 Å². The van der Waals surface area contributed by atoms with Gasteiger partial charge >= 0.3 is 0 Å². The maximum Gasteiger partial charge on any atom is 0.151 e. The molecule has 6 nitrogen and oxygen atoms in total. The van der Waals surface area contributed by atoms with Crippen molar-refractivity contribution in [2.75, 3.05) is 5.32 Å². The number of pyridine rings is 1. The zero-order valence-electron chi connectivity index (χ0n) is 16.9. The smallest absolute Gasteiger partial charge is 0.151 e. The van der Waals surface area contributed by atoms with Crippen molar-refractivity contribution in [1.82, 2.24) is 19.5 Å². The highest BCUT2D eigenvalue weighted by molar-refractivity contribution is 7.20. The van der Waals surface area contributed by atoms with Crippen LogP contribution < -0.4 is 11.1 Å². The molecule has 0 aliphatic heterocycles. The average molecular weight is 425 g/mol. The van der Waals surface area contributed by atoms with E-state index in [4.69, 9.17) is 5.73 Å². The molecule has 0 saturated carbocycles. The first-order valence-electron chi connectivity index (χ1n) is 9.92. The van der Waals surface area contributed by atoms with E-state index in [1.807, 2.05) is 25.3 Å². The van der Waals surface area contributed by atoms with E-state index in [0.29, 0.717) is 0 Å². The van der Waals surface area contributed by atoms with Crippen LogP contribution in [0.5, 0.6) is 0 Å². The largest absolute Gasteiger partial charge is 0.343 e. The SMILES string of the molecule is CC(N)C#Cc1cc2ncnc(Nc3ccc4c(ccn4Cc4cccnc4)c3)c2s1. The van der Waals surface area contributed by atoms with E-state index in [9.17, 15) is 0 Å². The van der Waals surface area contributed by atoms with E-state index < -0.39 is 0 Å². The molecule has 1 unspecified atom stereocenters. The van der Waals surface area contributed by atoms with Crippen LogP contribution in [0, 0.1) is 11.8 Å². The number of hydrogen-bond donors (Lipinski definition) is 2. The van der Waals surface area contributed by atoms with Gasteiger partial charge in [0.15, 0.2) is 5.82 Å². The molecule has 0 spiro atoms. The molecule has 0 amide bonds. The summed E-state index contributed by atoms with van der Waals surface area (Å²) in [6, 6.07) is 14.3. The quantitative estimate of drug-likeness (QED) is 0.414. The summed E-state index contributed by atoms with van der Waals surface area (Å²) in [5.41, 5.74) is 9.94. The Bertz CT molecular complexity index is 1420. The summed E-state index contributed by atoms with van der Waals surface area (Å²) in [6.45, 7) is 2.66. The molecule has 5 rings (SSSR count). The first-order chi connectivity index (χ1) is 15.2. The summed E-state index contributed by atoms with van der Waals surface area (Å²) in [5, 5.41) is 4.60. The molecule has 0 radical (unpaired) electrons. The van der Waals surface area contributed by atoms with Gasteiger partial charge < -0.3 is 15.6 Å². The lowest BCUT2D eigenvalue weighted by atomic mass is 10.2. The number of nitrogens with one attached hydrogen (secondary N) is 1. The number of aromatic nitrogens is 4. The third-order valence-corrected chi connectivity index (χ3v) is 5.89. The molecule has 0 aliphatic carbocycles. The third kappa shape index (κ3) is 4.12. The van der Waals surface area contributed by atoms with Crippen LogP contribution in [-0.4, -0.2) is 25.6 Å². The summed E-state index contributed by atoms with van der Waals surface area (Å²) < 4.78 is 3.20. The Morgan fingerprint density at radius 2 is 2.13 bits per heavy atom.